The fourth-order valence-corrected chi connectivity index (χ4v) is 4.66. The van der Waals surface area contributed by atoms with E-state index in [-0.39, 0.29) is 5.82 Å². The molecule has 0 unspecified atom stereocenters. The van der Waals surface area contributed by atoms with Gasteiger partial charge >= 0.3 is 0 Å². The Morgan fingerprint density at radius 2 is 1.00 bits per heavy atom. The highest BCUT2D eigenvalue weighted by molar-refractivity contribution is 5.84. The van der Waals surface area contributed by atoms with E-state index in [0.29, 0.717) is 23.0 Å². The normalized spacial score (nSPS) is 11.3. The molecule has 0 spiro atoms. The van der Waals surface area contributed by atoms with Crippen LogP contribution in [0.4, 0.5) is 0 Å². The number of hydrogen-bond donors (Lipinski definition) is 0. The van der Waals surface area contributed by atoms with Crippen molar-refractivity contribution in [2.75, 3.05) is 0 Å². The van der Waals surface area contributed by atoms with E-state index in [0.717, 1.165) is 27.8 Å². The van der Waals surface area contributed by atoms with Gasteiger partial charge in [-0.2, -0.15) is 4.98 Å². The van der Waals surface area contributed by atoms with E-state index in [4.69, 9.17) is 15.0 Å². The fourth-order valence-electron chi connectivity index (χ4n) is 4.66. The second-order valence-corrected chi connectivity index (χ2v) is 8.83. The van der Waals surface area contributed by atoms with Crippen LogP contribution in [0.1, 0.15) is 0 Å². The minimum Gasteiger partial charge on any atom is -0.284 e. The monoisotopic (exact) mass is 492 g/mol. The molecule has 7 rings (SSSR count). The van der Waals surface area contributed by atoms with Crippen LogP contribution in [0.15, 0.2) is 126 Å². The van der Waals surface area contributed by atoms with E-state index < -0.39 is 5.56 Å². The van der Waals surface area contributed by atoms with Crippen molar-refractivity contribution in [3.8, 4) is 39.9 Å². The molecular formula is C31H20N6O. The number of hydrogen-bond acceptors (Lipinski definition) is 5. The third-order valence-electron chi connectivity index (χ3n) is 6.44. The van der Waals surface area contributed by atoms with E-state index in [1.165, 1.54) is 0 Å². The van der Waals surface area contributed by atoms with Crippen LogP contribution >= 0.6 is 0 Å². The predicted molar refractivity (Wildman–Crippen MR) is 148 cm³/mol. The number of aromatic nitrogens is 6. The van der Waals surface area contributed by atoms with E-state index >= 15 is 0 Å². The van der Waals surface area contributed by atoms with Gasteiger partial charge in [0.05, 0.1) is 11.0 Å². The Kier molecular flexibility index (Phi) is 5.11. The topological polar surface area (TPSA) is 78.0 Å². The zero-order valence-corrected chi connectivity index (χ0v) is 20.1. The van der Waals surface area contributed by atoms with Crippen molar-refractivity contribution in [1.82, 2.24) is 28.9 Å². The third kappa shape index (κ3) is 3.65. The summed E-state index contributed by atoms with van der Waals surface area (Å²) in [5.41, 5.74) is 4.34. The highest BCUT2D eigenvalue weighted by Gasteiger charge is 2.19. The lowest BCUT2D eigenvalue weighted by Gasteiger charge is -2.08. The van der Waals surface area contributed by atoms with Crippen molar-refractivity contribution in [3.63, 3.8) is 0 Å². The van der Waals surface area contributed by atoms with Crippen molar-refractivity contribution in [1.29, 1.82) is 0 Å². The molecule has 0 radical (unpaired) electrons. The van der Waals surface area contributed by atoms with Gasteiger partial charge in [0.15, 0.2) is 17.5 Å². The smallest absolute Gasteiger partial charge is 0.284 e. The lowest BCUT2D eigenvalue weighted by Crippen LogP contribution is -2.15. The van der Waals surface area contributed by atoms with Crippen LogP contribution in [0.25, 0.3) is 56.7 Å². The molecule has 3 aromatic heterocycles. The second-order valence-electron chi connectivity index (χ2n) is 8.83. The molecular weight excluding hydrogens is 472 g/mol. The van der Waals surface area contributed by atoms with Crippen LogP contribution in [0.5, 0.6) is 0 Å². The van der Waals surface area contributed by atoms with Crippen LogP contribution < -0.4 is 5.56 Å². The highest BCUT2D eigenvalue weighted by atomic mass is 16.1. The molecule has 38 heavy (non-hydrogen) atoms. The lowest BCUT2D eigenvalue weighted by molar-refractivity contribution is 1.01. The minimum atomic E-state index is -0.408. The minimum absolute atomic E-state index is 0.279. The van der Waals surface area contributed by atoms with Crippen LogP contribution in [0.3, 0.4) is 0 Å². The van der Waals surface area contributed by atoms with E-state index in [9.17, 15) is 4.79 Å². The van der Waals surface area contributed by atoms with Crippen molar-refractivity contribution in [2.24, 2.45) is 0 Å². The van der Waals surface area contributed by atoms with Gasteiger partial charge in [0.1, 0.15) is 5.56 Å². The number of nitrogens with zero attached hydrogens (tertiary/aromatic N) is 6. The first-order valence-electron chi connectivity index (χ1n) is 12.2. The summed E-state index contributed by atoms with van der Waals surface area (Å²) in [6.45, 7) is 0. The third-order valence-corrected chi connectivity index (χ3v) is 6.44. The standard InChI is InChI=1S/C31H20N6O/c38-30-24(20-36-25-18-10-11-19-26(25)37(31(36)35-30)23-16-8-3-9-17-23)29-33-27(21-12-4-1-5-13-21)32-28(34-29)22-14-6-2-7-15-22/h1-20H. The average molecular weight is 493 g/mol. The van der Waals surface area contributed by atoms with Gasteiger partial charge in [-0.05, 0) is 24.3 Å². The Labute approximate surface area is 217 Å². The van der Waals surface area contributed by atoms with Crippen molar-refractivity contribution >= 4 is 16.8 Å². The molecule has 0 bridgehead atoms. The molecule has 3 heterocycles. The molecule has 4 aromatic carbocycles. The molecule has 0 N–H and O–H groups in total. The molecule has 0 atom stereocenters. The summed E-state index contributed by atoms with van der Waals surface area (Å²) in [6.07, 6.45) is 1.78. The maximum Gasteiger partial charge on any atom is 0.285 e. The van der Waals surface area contributed by atoms with Gasteiger partial charge in [0, 0.05) is 23.0 Å². The first-order valence-corrected chi connectivity index (χ1v) is 12.2. The lowest BCUT2D eigenvalue weighted by atomic mass is 10.2. The Morgan fingerprint density at radius 1 is 0.500 bits per heavy atom. The van der Waals surface area contributed by atoms with Gasteiger partial charge in [-0.15, -0.1) is 0 Å². The SMILES string of the molecule is O=c1nc2n(-c3ccccc3)c3ccccc3n2cc1-c1nc(-c2ccccc2)nc(-c2ccccc2)n1. The number of benzene rings is 4. The molecule has 180 valence electrons. The molecule has 0 aliphatic rings. The maximum absolute atomic E-state index is 13.6. The van der Waals surface area contributed by atoms with Gasteiger partial charge in [0.2, 0.25) is 5.78 Å². The Bertz CT molecular complexity index is 1920. The van der Waals surface area contributed by atoms with Gasteiger partial charge in [0.25, 0.3) is 5.56 Å². The van der Waals surface area contributed by atoms with Gasteiger partial charge in [-0.3, -0.25) is 13.8 Å². The van der Waals surface area contributed by atoms with E-state index in [1.54, 1.807) is 6.20 Å². The summed E-state index contributed by atoms with van der Waals surface area (Å²) in [5, 5.41) is 0. The Hall–Kier alpha value is -5.43. The highest BCUT2D eigenvalue weighted by Crippen LogP contribution is 2.27. The van der Waals surface area contributed by atoms with Crippen molar-refractivity contribution in [3.05, 3.63) is 132 Å². The number of fused-ring (bicyclic) bond motifs is 3. The molecule has 7 heteroatoms. The second kappa shape index (κ2) is 8.90. The van der Waals surface area contributed by atoms with E-state index in [2.05, 4.69) is 4.98 Å². The largest absolute Gasteiger partial charge is 0.285 e. The summed E-state index contributed by atoms with van der Waals surface area (Å²) in [4.78, 5) is 32.3. The number of para-hydroxylation sites is 3. The predicted octanol–water partition coefficient (Wildman–Crippen LogP) is 5.82. The van der Waals surface area contributed by atoms with Crippen molar-refractivity contribution < 1.29 is 0 Å². The van der Waals surface area contributed by atoms with Crippen LogP contribution in [-0.2, 0) is 0 Å². The number of imidazole rings is 1. The zero-order chi connectivity index (χ0) is 25.5. The van der Waals surface area contributed by atoms with E-state index in [1.807, 2.05) is 124 Å². The molecule has 0 aliphatic carbocycles. The molecule has 0 saturated carbocycles. The first-order chi connectivity index (χ1) is 18.8. The van der Waals surface area contributed by atoms with Crippen LogP contribution in [-0.4, -0.2) is 28.9 Å². The zero-order valence-electron chi connectivity index (χ0n) is 20.1. The van der Waals surface area contributed by atoms with Gasteiger partial charge in [-0.25, -0.2) is 15.0 Å². The Balaban J connectivity index is 1.51. The van der Waals surface area contributed by atoms with Gasteiger partial charge in [-0.1, -0.05) is 91.0 Å². The molecule has 0 amide bonds. The van der Waals surface area contributed by atoms with Crippen molar-refractivity contribution in [2.45, 2.75) is 0 Å². The quantitative estimate of drug-likeness (QED) is 0.309. The molecule has 0 aliphatic heterocycles. The summed E-state index contributed by atoms with van der Waals surface area (Å²) in [5.74, 6) is 1.78. The summed E-state index contributed by atoms with van der Waals surface area (Å²) in [7, 11) is 0. The molecule has 0 fully saturated rings. The molecule has 7 nitrogen and oxygen atoms in total. The summed E-state index contributed by atoms with van der Waals surface area (Å²) >= 11 is 0. The first kappa shape index (κ1) is 21.8. The van der Waals surface area contributed by atoms with Crippen LogP contribution in [0, 0.1) is 0 Å². The summed E-state index contributed by atoms with van der Waals surface area (Å²) < 4.78 is 3.91. The van der Waals surface area contributed by atoms with Crippen LogP contribution in [0.2, 0.25) is 0 Å². The molecule has 7 aromatic rings. The fraction of sp³-hybridized carbons (Fsp3) is 0. The number of rotatable bonds is 4. The average Bonchev–Trinajstić information content (AvgIpc) is 3.31. The molecule has 0 saturated heterocycles. The summed E-state index contributed by atoms with van der Waals surface area (Å²) in [6, 6.07) is 37.2. The Morgan fingerprint density at radius 3 is 1.61 bits per heavy atom. The maximum atomic E-state index is 13.6. The van der Waals surface area contributed by atoms with Gasteiger partial charge < -0.3 is 0 Å².